The molecule has 2 aromatic carbocycles. The van der Waals surface area contributed by atoms with E-state index in [0.29, 0.717) is 13.2 Å². The molecule has 2 aromatic rings. The number of ether oxygens (including phenoxy) is 1. The van der Waals surface area contributed by atoms with E-state index in [1.165, 1.54) is 29.3 Å². The zero-order chi connectivity index (χ0) is 15.2. The Morgan fingerprint density at radius 2 is 1.55 bits per heavy atom. The van der Waals surface area contributed by atoms with E-state index >= 15 is 0 Å². The number of benzene rings is 2. The summed E-state index contributed by atoms with van der Waals surface area (Å²) >= 11 is 0. The van der Waals surface area contributed by atoms with Crippen LogP contribution >= 0.6 is 0 Å². The van der Waals surface area contributed by atoms with Gasteiger partial charge in [0, 0.05) is 5.41 Å². The van der Waals surface area contributed by atoms with E-state index in [1.54, 1.807) is 0 Å². The molecule has 0 radical (unpaired) electrons. The zero-order valence-corrected chi connectivity index (χ0v) is 12.0. The monoisotopic (exact) mass is 299 g/mol. The third kappa shape index (κ3) is 2.10. The van der Waals surface area contributed by atoms with Crippen molar-refractivity contribution in [3.05, 3.63) is 70.8 Å². The molecule has 1 aliphatic heterocycles. The number of hydrogen-bond acceptors (Lipinski definition) is 2. The fourth-order valence-corrected chi connectivity index (χ4v) is 3.39. The van der Waals surface area contributed by atoms with Gasteiger partial charge in [0.1, 0.15) is 17.2 Å². The van der Waals surface area contributed by atoms with Crippen LogP contribution in [-0.4, -0.2) is 19.0 Å². The van der Waals surface area contributed by atoms with Gasteiger partial charge in [0.2, 0.25) is 5.90 Å². The lowest BCUT2D eigenvalue weighted by Gasteiger charge is -2.31. The van der Waals surface area contributed by atoms with Gasteiger partial charge >= 0.3 is 0 Å². The van der Waals surface area contributed by atoms with E-state index < -0.39 is 11.6 Å². The van der Waals surface area contributed by atoms with Crippen molar-refractivity contribution in [3.63, 3.8) is 0 Å². The molecule has 2 aliphatic rings. The Bertz CT molecular complexity index is 724. The first-order valence-electron chi connectivity index (χ1n) is 7.35. The highest BCUT2D eigenvalue weighted by Gasteiger charge is 2.40. The molecule has 0 bridgehead atoms. The molecule has 112 valence electrons. The summed E-state index contributed by atoms with van der Waals surface area (Å²) in [7, 11) is 0. The van der Waals surface area contributed by atoms with Gasteiger partial charge in [-0.2, -0.15) is 0 Å². The molecule has 0 N–H and O–H groups in total. The summed E-state index contributed by atoms with van der Waals surface area (Å²) in [6, 6.07) is 12.1. The van der Waals surface area contributed by atoms with Crippen molar-refractivity contribution < 1.29 is 13.5 Å². The van der Waals surface area contributed by atoms with Gasteiger partial charge in [-0.25, -0.2) is 8.78 Å². The standard InChI is InChI=1S/C18H15F2NO/c19-14-6-3-7-15(20)16(14)17-21-10-18(11-22-17)8-12-4-1-2-5-13(12)9-18/h1-7H,8-11H2. The number of halogens is 2. The maximum absolute atomic E-state index is 13.8. The molecule has 1 heterocycles. The number of nitrogens with zero attached hydrogens (tertiary/aromatic N) is 1. The van der Waals surface area contributed by atoms with Crippen molar-refractivity contribution in [1.29, 1.82) is 0 Å². The average molecular weight is 299 g/mol. The van der Waals surface area contributed by atoms with Gasteiger partial charge in [-0.05, 0) is 36.1 Å². The molecule has 0 fully saturated rings. The second-order valence-electron chi connectivity index (χ2n) is 6.13. The van der Waals surface area contributed by atoms with Crippen molar-refractivity contribution in [1.82, 2.24) is 0 Å². The SMILES string of the molecule is Fc1cccc(F)c1C1=NCC2(CO1)Cc1ccccc1C2. The van der Waals surface area contributed by atoms with Crippen LogP contribution in [0.1, 0.15) is 16.7 Å². The third-order valence-electron chi connectivity index (χ3n) is 4.50. The Kier molecular flexibility index (Phi) is 2.99. The molecule has 1 aliphatic carbocycles. The van der Waals surface area contributed by atoms with Crippen molar-refractivity contribution in [2.75, 3.05) is 13.2 Å². The van der Waals surface area contributed by atoms with Crippen LogP contribution in [0.2, 0.25) is 0 Å². The lowest BCUT2D eigenvalue weighted by Crippen LogP contribution is -2.37. The van der Waals surface area contributed by atoms with Crippen molar-refractivity contribution >= 4 is 5.90 Å². The van der Waals surface area contributed by atoms with Crippen LogP contribution in [0.4, 0.5) is 8.78 Å². The Labute approximate surface area is 127 Å². The lowest BCUT2D eigenvalue weighted by atomic mass is 9.85. The van der Waals surface area contributed by atoms with Gasteiger partial charge in [0.25, 0.3) is 0 Å². The summed E-state index contributed by atoms with van der Waals surface area (Å²) < 4.78 is 33.3. The quantitative estimate of drug-likeness (QED) is 0.789. The highest BCUT2D eigenvalue weighted by molar-refractivity contribution is 5.95. The molecule has 22 heavy (non-hydrogen) atoms. The number of rotatable bonds is 1. The third-order valence-corrected chi connectivity index (χ3v) is 4.50. The Morgan fingerprint density at radius 1 is 0.909 bits per heavy atom. The summed E-state index contributed by atoms with van der Waals surface area (Å²) in [5.41, 5.74) is 2.41. The Hall–Kier alpha value is -2.23. The van der Waals surface area contributed by atoms with Crippen LogP contribution < -0.4 is 0 Å². The number of fused-ring (bicyclic) bond motifs is 1. The molecule has 4 rings (SSSR count). The molecular formula is C18H15F2NO. The van der Waals surface area contributed by atoms with Gasteiger partial charge in [0.05, 0.1) is 13.2 Å². The van der Waals surface area contributed by atoms with Crippen LogP contribution in [-0.2, 0) is 17.6 Å². The molecule has 1 spiro atoms. The van der Waals surface area contributed by atoms with Crippen molar-refractivity contribution in [2.45, 2.75) is 12.8 Å². The molecule has 2 nitrogen and oxygen atoms in total. The van der Waals surface area contributed by atoms with Crippen LogP contribution in [0.25, 0.3) is 0 Å². The maximum atomic E-state index is 13.8. The molecule has 0 saturated heterocycles. The summed E-state index contributed by atoms with van der Waals surface area (Å²) in [6.07, 6.45) is 1.80. The molecule has 0 unspecified atom stereocenters. The molecule has 4 heteroatoms. The first kappa shape index (κ1) is 13.4. The topological polar surface area (TPSA) is 21.6 Å². The molecule has 0 saturated carbocycles. The predicted octanol–water partition coefficient (Wildman–Crippen LogP) is 3.53. The predicted molar refractivity (Wildman–Crippen MR) is 80.0 cm³/mol. The van der Waals surface area contributed by atoms with E-state index in [0.717, 1.165) is 12.8 Å². The Morgan fingerprint density at radius 3 is 2.09 bits per heavy atom. The summed E-state index contributed by atoms with van der Waals surface area (Å²) in [5, 5.41) is 0. The van der Waals surface area contributed by atoms with Crippen LogP contribution in [0.5, 0.6) is 0 Å². The van der Waals surface area contributed by atoms with E-state index in [2.05, 4.69) is 17.1 Å². The number of aliphatic imine (C=N–C) groups is 1. The average Bonchev–Trinajstić information content (AvgIpc) is 2.87. The van der Waals surface area contributed by atoms with Crippen LogP contribution in [0, 0.1) is 17.0 Å². The van der Waals surface area contributed by atoms with Crippen molar-refractivity contribution in [2.24, 2.45) is 10.4 Å². The van der Waals surface area contributed by atoms with Gasteiger partial charge in [-0.15, -0.1) is 0 Å². The summed E-state index contributed by atoms with van der Waals surface area (Å²) in [5.74, 6) is -1.19. The van der Waals surface area contributed by atoms with E-state index in [9.17, 15) is 8.78 Å². The second kappa shape index (κ2) is 4.90. The molecule has 0 atom stereocenters. The second-order valence-corrected chi connectivity index (χ2v) is 6.13. The van der Waals surface area contributed by atoms with Gasteiger partial charge in [-0.1, -0.05) is 30.3 Å². The Balaban J connectivity index is 1.62. The maximum Gasteiger partial charge on any atom is 0.222 e. The molecular weight excluding hydrogens is 284 g/mol. The fourth-order valence-electron chi connectivity index (χ4n) is 3.39. The first-order chi connectivity index (χ1) is 10.7. The largest absolute Gasteiger partial charge is 0.477 e. The normalized spacial score (nSPS) is 18.7. The first-order valence-corrected chi connectivity index (χ1v) is 7.35. The molecule has 0 aromatic heterocycles. The van der Waals surface area contributed by atoms with Crippen molar-refractivity contribution in [3.8, 4) is 0 Å². The van der Waals surface area contributed by atoms with E-state index in [-0.39, 0.29) is 16.9 Å². The van der Waals surface area contributed by atoms with Gasteiger partial charge in [0.15, 0.2) is 0 Å². The highest BCUT2D eigenvalue weighted by Crippen LogP contribution is 2.39. The fraction of sp³-hybridized carbons (Fsp3) is 0.278. The van der Waals surface area contributed by atoms with E-state index in [1.807, 2.05) is 12.1 Å². The zero-order valence-electron chi connectivity index (χ0n) is 12.0. The number of hydrogen-bond donors (Lipinski definition) is 0. The smallest absolute Gasteiger partial charge is 0.222 e. The van der Waals surface area contributed by atoms with E-state index in [4.69, 9.17) is 4.74 Å². The van der Waals surface area contributed by atoms with Crippen LogP contribution in [0.3, 0.4) is 0 Å². The summed E-state index contributed by atoms with van der Waals surface area (Å²) in [6.45, 7) is 0.971. The van der Waals surface area contributed by atoms with Gasteiger partial charge in [-0.3, -0.25) is 4.99 Å². The molecule has 0 amide bonds. The van der Waals surface area contributed by atoms with Crippen LogP contribution in [0.15, 0.2) is 47.5 Å². The minimum Gasteiger partial charge on any atom is -0.477 e. The highest BCUT2D eigenvalue weighted by atomic mass is 19.1. The van der Waals surface area contributed by atoms with Gasteiger partial charge < -0.3 is 4.74 Å². The minimum atomic E-state index is -0.635. The lowest BCUT2D eigenvalue weighted by molar-refractivity contribution is 0.132. The summed E-state index contributed by atoms with van der Waals surface area (Å²) in [4.78, 5) is 4.35. The minimum absolute atomic E-state index is 0.0745.